The molecule has 0 amide bonds. The third-order valence-corrected chi connectivity index (χ3v) is 2.40. The van der Waals surface area contributed by atoms with Crippen LogP contribution in [0.3, 0.4) is 0 Å². The molecule has 0 aliphatic carbocycles. The smallest absolute Gasteiger partial charge is 0.295 e. The summed E-state index contributed by atoms with van der Waals surface area (Å²) >= 11 is 0. The predicted molar refractivity (Wildman–Crippen MR) is 63.6 cm³/mol. The summed E-state index contributed by atoms with van der Waals surface area (Å²) in [7, 11) is 1.76. The number of benzene rings is 1. The fraction of sp³-hybridized carbons (Fsp3) is 0.182. The summed E-state index contributed by atoms with van der Waals surface area (Å²) in [6, 6.07) is 5.48. The summed E-state index contributed by atoms with van der Waals surface area (Å²) in [6.07, 6.45) is 1.74. The maximum atomic E-state index is 13.5. The van der Waals surface area contributed by atoms with Crippen LogP contribution in [-0.2, 0) is 13.6 Å². The molecule has 1 N–H and O–H groups in total. The highest BCUT2D eigenvalue weighted by Crippen LogP contribution is 2.27. The Labute approximate surface area is 102 Å². The molecule has 2 aromatic rings. The van der Waals surface area contributed by atoms with Gasteiger partial charge in [-0.3, -0.25) is 14.8 Å². The van der Waals surface area contributed by atoms with Crippen molar-refractivity contribution in [3.05, 3.63) is 52.1 Å². The summed E-state index contributed by atoms with van der Waals surface area (Å²) in [5.41, 5.74) is 0.272. The van der Waals surface area contributed by atoms with Crippen LogP contribution < -0.4 is 5.32 Å². The van der Waals surface area contributed by atoms with Gasteiger partial charge in [0, 0.05) is 19.3 Å². The third-order valence-electron chi connectivity index (χ3n) is 2.40. The Bertz CT molecular complexity index is 582. The summed E-state index contributed by atoms with van der Waals surface area (Å²) in [6.45, 7) is 0.225. The Morgan fingerprint density at radius 3 is 2.89 bits per heavy atom. The van der Waals surface area contributed by atoms with Gasteiger partial charge >= 0.3 is 0 Å². The zero-order valence-corrected chi connectivity index (χ0v) is 9.63. The molecule has 0 atom stereocenters. The van der Waals surface area contributed by atoms with Gasteiger partial charge in [0.2, 0.25) is 0 Å². The Balaban J connectivity index is 2.20. The summed E-state index contributed by atoms with van der Waals surface area (Å²) in [5.74, 6) is -0.653. The number of hydrogen-bond acceptors (Lipinski definition) is 4. The number of nitrogens with one attached hydrogen (secondary N) is 1. The molecule has 0 saturated heterocycles. The molecule has 0 aliphatic rings. The fourth-order valence-electron chi connectivity index (χ4n) is 1.58. The quantitative estimate of drug-likeness (QED) is 0.666. The average molecular weight is 250 g/mol. The van der Waals surface area contributed by atoms with Crippen molar-refractivity contribution in [3.63, 3.8) is 0 Å². The minimum Gasteiger partial charge on any atom is -0.371 e. The van der Waals surface area contributed by atoms with Crippen molar-refractivity contribution in [2.45, 2.75) is 6.54 Å². The lowest BCUT2D eigenvalue weighted by Gasteiger charge is -2.06. The van der Waals surface area contributed by atoms with E-state index in [9.17, 15) is 14.5 Å². The largest absolute Gasteiger partial charge is 0.371 e. The molecule has 7 heteroatoms. The van der Waals surface area contributed by atoms with Gasteiger partial charge in [-0.05, 0) is 12.1 Å². The lowest BCUT2D eigenvalue weighted by molar-refractivity contribution is -0.384. The first-order chi connectivity index (χ1) is 8.58. The molecule has 0 aliphatic heterocycles. The van der Waals surface area contributed by atoms with Crippen molar-refractivity contribution in [2.24, 2.45) is 7.05 Å². The van der Waals surface area contributed by atoms with Crippen LogP contribution in [0.5, 0.6) is 0 Å². The van der Waals surface area contributed by atoms with E-state index in [1.165, 1.54) is 18.2 Å². The molecular formula is C11H11FN4O2. The highest BCUT2D eigenvalue weighted by molar-refractivity contribution is 5.62. The van der Waals surface area contributed by atoms with Crippen LogP contribution in [0.1, 0.15) is 5.69 Å². The fourth-order valence-corrected chi connectivity index (χ4v) is 1.58. The van der Waals surface area contributed by atoms with Crippen LogP contribution in [0.2, 0.25) is 0 Å². The third kappa shape index (κ3) is 2.45. The SMILES string of the molecule is Cn1ccc(CNc2c(F)cccc2[N+](=O)[O-])n1. The molecule has 6 nitrogen and oxygen atoms in total. The van der Waals surface area contributed by atoms with Gasteiger partial charge in [-0.15, -0.1) is 0 Å². The molecule has 0 spiro atoms. The van der Waals surface area contributed by atoms with E-state index in [0.717, 1.165) is 0 Å². The van der Waals surface area contributed by atoms with Crippen LogP contribution in [0.4, 0.5) is 15.8 Å². The molecule has 1 aromatic carbocycles. The lowest BCUT2D eigenvalue weighted by atomic mass is 10.2. The van der Waals surface area contributed by atoms with Gasteiger partial charge in [-0.1, -0.05) is 6.07 Å². The number of nitro groups is 1. The van der Waals surface area contributed by atoms with Gasteiger partial charge in [0.1, 0.15) is 5.69 Å². The van der Waals surface area contributed by atoms with Gasteiger partial charge in [0.25, 0.3) is 5.69 Å². The first-order valence-electron chi connectivity index (χ1n) is 5.23. The van der Waals surface area contributed by atoms with Gasteiger partial charge in [-0.25, -0.2) is 4.39 Å². The summed E-state index contributed by atoms with van der Waals surface area (Å²) in [5, 5.41) is 17.6. The second-order valence-corrected chi connectivity index (χ2v) is 3.73. The second kappa shape index (κ2) is 4.82. The minimum atomic E-state index is -0.653. The topological polar surface area (TPSA) is 73.0 Å². The Kier molecular flexibility index (Phi) is 3.22. The molecule has 0 radical (unpaired) electrons. The van der Waals surface area contributed by atoms with Gasteiger partial charge in [0.05, 0.1) is 17.2 Å². The van der Waals surface area contributed by atoms with E-state index >= 15 is 0 Å². The second-order valence-electron chi connectivity index (χ2n) is 3.73. The molecule has 1 aromatic heterocycles. The number of halogens is 1. The van der Waals surface area contributed by atoms with Crippen molar-refractivity contribution in [1.29, 1.82) is 0 Å². The monoisotopic (exact) mass is 250 g/mol. The maximum Gasteiger partial charge on any atom is 0.295 e. The summed E-state index contributed by atoms with van der Waals surface area (Å²) < 4.78 is 15.1. The Morgan fingerprint density at radius 1 is 1.50 bits per heavy atom. The standard InChI is InChI=1S/C11H11FN4O2/c1-15-6-5-8(14-15)7-13-11-9(12)3-2-4-10(11)16(17)18/h2-6,13H,7H2,1H3. The zero-order valence-electron chi connectivity index (χ0n) is 9.63. The first kappa shape index (κ1) is 12.0. The average Bonchev–Trinajstić information content (AvgIpc) is 2.73. The highest BCUT2D eigenvalue weighted by Gasteiger charge is 2.17. The molecule has 94 valence electrons. The van der Waals surface area contributed by atoms with E-state index in [1.807, 2.05) is 0 Å². The number of anilines is 1. The van der Waals surface area contributed by atoms with E-state index in [0.29, 0.717) is 5.69 Å². The number of rotatable bonds is 4. The van der Waals surface area contributed by atoms with Gasteiger partial charge in [0.15, 0.2) is 5.82 Å². The first-order valence-corrected chi connectivity index (χ1v) is 5.23. The van der Waals surface area contributed by atoms with E-state index in [2.05, 4.69) is 10.4 Å². The molecule has 1 heterocycles. The number of nitrogens with zero attached hydrogens (tertiary/aromatic N) is 3. The number of hydrogen-bond donors (Lipinski definition) is 1. The zero-order chi connectivity index (χ0) is 13.1. The van der Waals surface area contributed by atoms with E-state index in [1.54, 1.807) is 24.0 Å². The normalized spacial score (nSPS) is 10.3. The molecule has 0 saturated carbocycles. The van der Waals surface area contributed by atoms with E-state index in [4.69, 9.17) is 0 Å². The van der Waals surface area contributed by atoms with E-state index < -0.39 is 10.7 Å². The minimum absolute atomic E-state index is 0.117. The number of para-hydroxylation sites is 1. The lowest BCUT2D eigenvalue weighted by Crippen LogP contribution is -2.05. The van der Waals surface area contributed by atoms with Crippen molar-refractivity contribution in [2.75, 3.05) is 5.32 Å². The molecule has 0 unspecified atom stereocenters. The maximum absolute atomic E-state index is 13.5. The van der Waals surface area contributed by atoms with E-state index in [-0.39, 0.29) is 17.9 Å². The number of aryl methyl sites for hydroxylation is 1. The molecule has 0 bridgehead atoms. The molecule has 18 heavy (non-hydrogen) atoms. The van der Waals surface area contributed by atoms with Crippen LogP contribution in [-0.4, -0.2) is 14.7 Å². The van der Waals surface area contributed by atoms with Crippen LogP contribution >= 0.6 is 0 Å². The van der Waals surface area contributed by atoms with Crippen molar-refractivity contribution < 1.29 is 9.31 Å². The van der Waals surface area contributed by atoms with Gasteiger partial charge in [-0.2, -0.15) is 5.10 Å². The molecule has 2 rings (SSSR count). The van der Waals surface area contributed by atoms with Crippen molar-refractivity contribution in [1.82, 2.24) is 9.78 Å². The van der Waals surface area contributed by atoms with Crippen LogP contribution in [0, 0.1) is 15.9 Å². The Morgan fingerprint density at radius 2 is 2.28 bits per heavy atom. The molecule has 0 fully saturated rings. The predicted octanol–water partition coefficient (Wildman–Crippen LogP) is 2.08. The molecular weight excluding hydrogens is 239 g/mol. The Hall–Kier alpha value is -2.44. The van der Waals surface area contributed by atoms with Crippen LogP contribution in [0.15, 0.2) is 30.5 Å². The van der Waals surface area contributed by atoms with Crippen molar-refractivity contribution in [3.8, 4) is 0 Å². The number of nitro benzene ring substituents is 1. The summed E-state index contributed by atoms with van der Waals surface area (Å²) in [4.78, 5) is 10.1. The number of aromatic nitrogens is 2. The van der Waals surface area contributed by atoms with Crippen LogP contribution in [0.25, 0.3) is 0 Å². The van der Waals surface area contributed by atoms with Crippen molar-refractivity contribution >= 4 is 11.4 Å². The highest BCUT2D eigenvalue weighted by atomic mass is 19.1. The van der Waals surface area contributed by atoms with Gasteiger partial charge < -0.3 is 5.32 Å².